The van der Waals surface area contributed by atoms with Crippen molar-refractivity contribution in [2.45, 2.75) is 59.8 Å². The number of carboxylic acid groups (broad SMARTS) is 2. The van der Waals surface area contributed by atoms with Crippen molar-refractivity contribution in [2.24, 2.45) is 0 Å². The van der Waals surface area contributed by atoms with Crippen molar-refractivity contribution in [2.75, 3.05) is 17.7 Å². The van der Waals surface area contributed by atoms with E-state index in [1.54, 1.807) is 54.6 Å². The molecule has 2 aliphatic rings. The number of aromatic amines is 2. The Morgan fingerprint density at radius 2 is 1.22 bits per heavy atom. The minimum atomic E-state index is -0.828. The first-order valence-electron chi connectivity index (χ1n) is 21.9. The van der Waals surface area contributed by atoms with Crippen LogP contribution in [0.1, 0.15) is 63.3 Å². The highest BCUT2D eigenvalue weighted by atomic mass is 32.1. The molecule has 0 aliphatic carbocycles. The number of nitrogens with zero attached hydrogens (tertiary/aromatic N) is 4. The van der Waals surface area contributed by atoms with Crippen LogP contribution in [0.2, 0.25) is 0 Å². The molecule has 6 aromatic heterocycles. The smallest absolute Gasteiger partial charge is 0.303 e. The molecule has 15 nitrogen and oxygen atoms in total. The molecule has 2 amide bonds. The fourth-order valence-electron chi connectivity index (χ4n) is 8.23. The zero-order valence-electron chi connectivity index (χ0n) is 38.4. The van der Waals surface area contributed by atoms with E-state index in [1.807, 2.05) is 105 Å². The van der Waals surface area contributed by atoms with E-state index in [1.165, 1.54) is 0 Å². The van der Waals surface area contributed by atoms with Gasteiger partial charge in [-0.05, 0) is 117 Å². The number of carbonyl (C=O) groups is 4. The van der Waals surface area contributed by atoms with Gasteiger partial charge >= 0.3 is 11.9 Å². The Labute approximate surface area is 405 Å². The van der Waals surface area contributed by atoms with E-state index in [-0.39, 0.29) is 24.7 Å². The maximum absolute atomic E-state index is 12.8. The lowest BCUT2D eigenvalue weighted by Crippen LogP contribution is -2.03. The van der Waals surface area contributed by atoms with Crippen LogP contribution in [0.25, 0.3) is 55.3 Å². The Morgan fingerprint density at radius 1 is 0.681 bits per heavy atom. The van der Waals surface area contributed by atoms with Crippen LogP contribution in [0.4, 0.5) is 11.4 Å². The molecule has 0 fully saturated rings. The van der Waals surface area contributed by atoms with Gasteiger partial charge in [0.15, 0.2) is 5.88 Å². The van der Waals surface area contributed by atoms with Gasteiger partial charge in [-0.1, -0.05) is 12.1 Å². The Kier molecular flexibility index (Phi) is 14.4. The second kappa shape index (κ2) is 20.9. The van der Waals surface area contributed by atoms with Crippen LogP contribution in [0.15, 0.2) is 96.2 Å². The fourth-order valence-corrected chi connectivity index (χ4v) is 9.90. The third-order valence-corrected chi connectivity index (χ3v) is 13.6. The summed E-state index contributed by atoms with van der Waals surface area (Å²) in [7, 11) is 1.60. The number of aliphatic carboxylic acids is 2. The summed E-state index contributed by atoms with van der Waals surface area (Å²) in [5.74, 6) is -0.989. The summed E-state index contributed by atoms with van der Waals surface area (Å²) < 4.78 is 5.11. The Bertz CT molecular complexity index is 3240. The van der Waals surface area contributed by atoms with Crippen molar-refractivity contribution in [3.8, 4) is 49.5 Å². The Balaban J connectivity index is 0.000000155. The number of pyridine rings is 2. The van der Waals surface area contributed by atoms with E-state index in [9.17, 15) is 19.2 Å². The fraction of sp³-hybridized carbons (Fsp3) is 0.192. The van der Waals surface area contributed by atoms with Crippen LogP contribution >= 0.6 is 22.7 Å². The molecule has 2 aliphatic heterocycles. The number of rotatable bonds is 12. The average Bonchev–Trinajstić information content (AvgIpc) is 4.22. The maximum atomic E-state index is 12.8. The van der Waals surface area contributed by atoms with Gasteiger partial charge < -0.3 is 35.6 Å². The van der Waals surface area contributed by atoms with Crippen LogP contribution in [0, 0.1) is 27.7 Å². The first-order valence-corrected chi connectivity index (χ1v) is 23.7. The summed E-state index contributed by atoms with van der Waals surface area (Å²) >= 11 is 3.17. The molecule has 0 saturated carbocycles. The number of nitrogens with one attached hydrogen (secondary N) is 4. The monoisotopic (exact) mass is 960 g/mol. The first kappa shape index (κ1) is 47.5. The Hall–Kier alpha value is -8.02. The van der Waals surface area contributed by atoms with Gasteiger partial charge in [0.05, 0.1) is 30.5 Å². The second-order valence-electron chi connectivity index (χ2n) is 16.4. The number of benzene rings is 2. The minimum Gasteiger partial charge on any atom is -0.482 e. The molecular weight excluding hydrogens is 913 g/mol. The Morgan fingerprint density at radius 3 is 1.77 bits per heavy atom. The lowest BCUT2D eigenvalue weighted by atomic mass is 10.00. The summed E-state index contributed by atoms with van der Waals surface area (Å²) in [5, 5.41) is 29.3. The zero-order valence-corrected chi connectivity index (χ0v) is 40.0. The van der Waals surface area contributed by atoms with Crippen molar-refractivity contribution in [1.29, 1.82) is 0 Å². The molecule has 0 spiro atoms. The van der Waals surface area contributed by atoms with Gasteiger partial charge in [0.1, 0.15) is 10.0 Å². The van der Waals surface area contributed by atoms with Crippen molar-refractivity contribution in [3.05, 3.63) is 147 Å². The quantitative estimate of drug-likeness (QED) is 0.0632. The largest absolute Gasteiger partial charge is 0.482 e. The summed E-state index contributed by atoms with van der Waals surface area (Å²) in [6.45, 7) is 7.73. The molecule has 0 bridgehead atoms. The standard InChI is InChI=1S/C26H22N4O3S.C16H11N3OS.C10H15NO3/c1-14-18(4-6-24(31)32)15(2)28-22(14)12-20-19-11-17(3-5-21(19)29-25(20)33)23-13-34-26(30-23)16-7-9-27-10-8-16;20-15-8-12-7-11(1-2-13(12)18-15)14-9-21-16(19-14)10-3-5-17-6-4-10;1-6-8(4-5-9(12)13)7(2)11-10(6)14-3/h3,5,7-13,28H,4,6H2,1-2H3,(H,29,33)(H,31,32);1-7,9H,8H2,(H,18,20);11H,4-5H2,1-3H3,(H,12,13)/b20-12-;;. The van der Waals surface area contributed by atoms with E-state index in [2.05, 4.69) is 35.6 Å². The van der Waals surface area contributed by atoms with Gasteiger partial charge in [0.25, 0.3) is 5.91 Å². The van der Waals surface area contributed by atoms with E-state index >= 15 is 0 Å². The molecule has 10 rings (SSSR count). The topological polar surface area (TPSA) is 225 Å². The van der Waals surface area contributed by atoms with E-state index in [4.69, 9.17) is 19.9 Å². The predicted molar refractivity (Wildman–Crippen MR) is 269 cm³/mol. The second-order valence-corrected chi connectivity index (χ2v) is 18.1. The third-order valence-electron chi connectivity index (χ3n) is 11.8. The van der Waals surface area contributed by atoms with Crippen molar-refractivity contribution in [3.63, 3.8) is 0 Å². The molecule has 2 aromatic carbocycles. The lowest BCUT2D eigenvalue weighted by Gasteiger charge is -2.03. The van der Waals surface area contributed by atoms with Crippen LogP contribution in [-0.2, 0) is 38.4 Å². The molecule has 0 unspecified atom stereocenters. The maximum Gasteiger partial charge on any atom is 0.303 e. The number of anilines is 2. The number of thiazole rings is 2. The number of hydrogen-bond acceptors (Lipinski definition) is 11. The number of amides is 2. The number of aromatic nitrogens is 6. The van der Waals surface area contributed by atoms with Gasteiger partial charge in [-0.2, -0.15) is 0 Å². The van der Waals surface area contributed by atoms with E-state index < -0.39 is 11.9 Å². The third kappa shape index (κ3) is 10.9. The zero-order chi connectivity index (χ0) is 48.8. The molecule has 0 radical (unpaired) electrons. The molecule has 350 valence electrons. The summed E-state index contributed by atoms with van der Waals surface area (Å²) in [6, 6.07) is 19.6. The molecule has 0 saturated heterocycles. The lowest BCUT2D eigenvalue weighted by molar-refractivity contribution is -0.138. The number of fused-ring (bicyclic) bond motifs is 2. The van der Waals surface area contributed by atoms with Gasteiger partial charge in [0, 0.05) is 110 Å². The molecule has 0 atom stereocenters. The van der Waals surface area contributed by atoms with Gasteiger partial charge in [-0.15, -0.1) is 22.7 Å². The minimum absolute atomic E-state index is 0.0536. The van der Waals surface area contributed by atoms with Gasteiger partial charge in [0.2, 0.25) is 5.91 Å². The van der Waals surface area contributed by atoms with Gasteiger partial charge in [-0.25, -0.2) is 9.97 Å². The molecule has 8 heterocycles. The summed E-state index contributed by atoms with van der Waals surface area (Å²) in [6.07, 6.45) is 10.5. The van der Waals surface area contributed by atoms with Crippen LogP contribution in [0.3, 0.4) is 0 Å². The number of hydrogen-bond donors (Lipinski definition) is 6. The number of carbonyl (C=O) groups excluding carboxylic acids is 2. The first-order chi connectivity index (χ1) is 33.3. The molecule has 8 aromatic rings. The highest BCUT2D eigenvalue weighted by Gasteiger charge is 2.26. The normalized spacial score (nSPS) is 12.9. The SMILES string of the molecule is COc1[nH]c(C)c(CCC(=O)O)c1C.Cc1[nH]c(/C=C2\C(=O)Nc3ccc(-c4csc(-c5ccncc5)n4)cc32)c(C)c1CCC(=O)O.O=C1Cc2cc(-c3csc(-c4ccncc4)n3)ccc2N1. The van der Waals surface area contributed by atoms with Crippen LogP contribution in [0.5, 0.6) is 5.88 Å². The van der Waals surface area contributed by atoms with Crippen LogP contribution < -0.4 is 15.4 Å². The number of H-pyrrole nitrogens is 2. The summed E-state index contributed by atoms with van der Waals surface area (Å²) in [4.78, 5) is 69.6. The molecule has 17 heteroatoms. The van der Waals surface area contributed by atoms with E-state index in [0.717, 1.165) is 111 Å². The van der Waals surface area contributed by atoms with E-state index in [0.29, 0.717) is 24.8 Å². The van der Waals surface area contributed by atoms with Crippen molar-refractivity contribution >= 4 is 69.5 Å². The highest BCUT2D eigenvalue weighted by Crippen LogP contribution is 2.38. The number of carboxylic acids is 2. The van der Waals surface area contributed by atoms with Gasteiger partial charge in [-0.3, -0.25) is 29.1 Å². The molecule has 69 heavy (non-hydrogen) atoms. The van der Waals surface area contributed by atoms with Crippen molar-refractivity contribution < 1.29 is 34.1 Å². The van der Waals surface area contributed by atoms with Crippen LogP contribution in [-0.4, -0.2) is 71.0 Å². The van der Waals surface area contributed by atoms with Crippen molar-refractivity contribution in [1.82, 2.24) is 29.9 Å². The predicted octanol–water partition coefficient (Wildman–Crippen LogP) is 10.4. The highest BCUT2D eigenvalue weighted by molar-refractivity contribution is 7.13. The number of methoxy groups -OCH3 is 1. The molecular formula is C52H48N8O7S2. The number of ether oxygens (including phenoxy) is 1. The number of aryl methyl sites for hydroxylation is 2. The molecule has 6 N–H and O–H groups in total. The average molecular weight is 961 g/mol. The summed E-state index contributed by atoms with van der Waals surface area (Å²) in [5.41, 5.74) is 16.7.